The zero-order valence-electron chi connectivity index (χ0n) is 14.4. The predicted molar refractivity (Wildman–Crippen MR) is 97.2 cm³/mol. The third kappa shape index (κ3) is 3.74. The number of nitrogens with zero attached hydrogens (tertiary/aromatic N) is 1. The van der Waals surface area contributed by atoms with Crippen LogP contribution in [0.1, 0.15) is 28.4 Å². The summed E-state index contributed by atoms with van der Waals surface area (Å²) < 4.78 is 0. The number of benzene rings is 2. The number of carboxylic acid groups (broad SMARTS) is 1. The van der Waals surface area contributed by atoms with Crippen molar-refractivity contribution in [3.8, 4) is 0 Å². The number of carbonyl (C=O) groups excluding carboxylic acids is 2. The number of carbonyl (C=O) groups is 3. The number of anilines is 1. The van der Waals surface area contributed by atoms with Gasteiger partial charge in [-0.3, -0.25) is 9.59 Å². The lowest BCUT2D eigenvalue weighted by Crippen LogP contribution is -2.42. The van der Waals surface area contributed by atoms with E-state index in [0.717, 1.165) is 16.8 Å². The number of fused-ring (bicyclic) bond motifs is 1. The fraction of sp³-hybridized carbons (Fsp3) is 0.250. The van der Waals surface area contributed by atoms with Gasteiger partial charge in [0.05, 0.1) is 0 Å². The lowest BCUT2D eigenvalue weighted by molar-refractivity contribution is -0.139. The smallest absolute Gasteiger partial charge is 0.326 e. The summed E-state index contributed by atoms with van der Waals surface area (Å²) in [5.74, 6) is -1.54. The average molecular weight is 352 g/mol. The SMILES string of the molecule is CC(=O)N1CCc2cc(C(=O)N[C@@H](Cc3ccccc3)C(=O)O)ccc21. The van der Waals surface area contributed by atoms with Crippen molar-refractivity contribution >= 4 is 23.5 Å². The third-order valence-corrected chi connectivity index (χ3v) is 4.50. The highest BCUT2D eigenvalue weighted by Gasteiger charge is 2.25. The molecule has 0 radical (unpaired) electrons. The molecule has 134 valence electrons. The van der Waals surface area contributed by atoms with Gasteiger partial charge in [-0.2, -0.15) is 0 Å². The first kappa shape index (κ1) is 17.7. The van der Waals surface area contributed by atoms with E-state index in [1.165, 1.54) is 6.92 Å². The van der Waals surface area contributed by atoms with Crippen LogP contribution in [0.25, 0.3) is 0 Å². The van der Waals surface area contributed by atoms with E-state index in [-0.39, 0.29) is 12.3 Å². The molecule has 2 aromatic carbocycles. The largest absolute Gasteiger partial charge is 0.480 e. The number of aliphatic carboxylic acids is 1. The Morgan fingerprint density at radius 2 is 1.88 bits per heavy atom. The van der Waals surface area contributed by atoms with Crippen LogP contribution in [0.4, 0.5) is 5.69 Å². The molecule has 2 aromatic rings. The second-order valence-electron chi connectivity index (χ2n) is 6.32. The summed E-state index contributed by atoms with van der Waals surface area (Å²) in [5.41, 5.74) is 2.97. The van der Waals surface area contributed by atoms with E-state index in [2.05, 4.69) is 5.32 Å². The van der Waals surface area contributed by atoms with E-state index in [1.54, 1.807) is 23.1 Å². The van der Waals surface area contributed by atoms with Crippen molar-refractivity contribution in [1.82, 2.24) is 5.32 Å². The van der Waals surface area contributed by atoms with Crippen molar-refractivity contribution < 1.29 is 19.5 Å². The van der Waals surface area contributed by atoms with Gasteiger partial charge in [-0.25, -0.2) is 4.79 Å². The van der Waals surface area contributed by atoms with Crippen LogP contribution in [-0.2, 0) is 22.4 Å². The molecule has 0 fully saturated rings. The molecule has 6 nitrogen and oxygen atoms in total. The van der Waals surface area contributed by atoms with E-state index >= 15 is 0 Å². The van der Waals surface area contributed by atoms with Gasteiger partial charge in [0.2, 0.25) is 5.91 Å². The molecular formula is C20H20N2O4. The second-order valence-corrected chi connectivity index (χ2v) is 6.32. The van der Waals surface area contributed by atoms with Crippen LogP contribution in [0.2, 0.25) is 0 Å². The number of rotatable bonds is 5. The third-order valence-electron chi connectivity index (χ3n) is 4.50. The summed E-state index contributed by atoms with van der Waals surface area (Å²) in [6.07, 6.45) is 0.896. The maximum atomic E-state index is 12.5. The standard InChI is InChI=1S/C20H20N2O4/c1-13(23)22-10-9-15-12-16(7-8-18(15)22)19(24)21-17(20(25)26)11-14-5-3-2-4-6-14/h2-8,12,17H,9-11H2,1H3,(H,21,24)(H,25,26)/t17-/m0/s1. The lowest BCUT2D eigenvalue weighted by Gasteiger charge is -2.16. The van der Waals surface area contributed by atoms with Crippen molar-refractivity contribution in [2.75, 3.05) is 11.4 Å². The molecule has 6 heteroatoms. The predicted octanol–water partition coefficient (Wildman–Crippen LogP) is 2.02. The molecular weight excluding hydrogens is 332 g/mol. The first-order chi connectivity index (χ1) is 12.5. The molecule has 0 unspecified atom stereocenters. The molecule has 0 saturated carbocycles. The first-order valence-corrected chi connectivity index (χ1v) is 8.44. The van der Waals surface area contributed by atoms with Crippen molar-refractivity contribution in [1.29, 1.82) is 0 Å². The summed E-state index contributed by atoms with van der Waals surface area (Å²) >= 11 is 0. The molecule has 3 rings (SSSR count). The zero-order valence-corrected chi connectivity index (χ0v) is 14.4. The zero-order chi connectivity index (χ0) is 18.7. The van der Waals surface area contributed by atoms with Gasteiger partial charge in [-0.15, -0.1) is 0 Å². The number of amides is 2. The van der Waals surface area contributed by atoms with Gasteiger partial charge in [-0.05, 0) is 35.7 Å². The van der Waals surface area contributed by atoms with E-state index in [9.17, 15) is 19.5 Å². The Morgan fingerprint density at radius 1 is 1.15 bits per heavy atom. The Morgan fingerprint density at radius 3 is 2.54 bits per heavy atom. The minimum absolute atomic E-state index is 0.0326. The van der Waals surface area contributed by atoms with Gasteiger partial charge < -0.3 is 15.3 Å². The van der Waals surface area contributed by atoms with Crippen molar-refractivity contribution in [2.24, 2.45) is 0 Å². The molecule has 1 aliphatic rings. The molecule has 0 spiro atoms. The van der Waals surface area contributed by atoms with E-state index in [1.807, 2.05) is 30.3 Å². The van der Waals surface area contributed by atoms with E-state index in [4.69, 9.17) is 0 Å². The van der Waals surface area contributed by atoms with Crippen molar-refractivity contribution in [3.05, 3.63) is 65.2 Å². The highest BCUT2D eigenvalue weighted by Crippen LogP contribution is 2.28. The normalized spacial score (nSPS) is 13.8. The summed E-state index contributed by atoms with van der Waals surface area (Å²) in [4.78, 5) is 37.3. The van der Waals surface area contributed by atoms with Crippen LogP contribution >= 0.6 is 0 Å². The number of hydrogen-bond acceptors (Lipinski definition) is 3. The van der Waals surface area contributed by atoms with Crippen molar-refractivity contribution in [2.45, 2.75) is 25.8 Å². The highest BCUT2D eigenvalue weighted by molar-refractivity contribution is 5.99. The van der Waals surface area contributed by atoms with Gasteiger partial charge in [0.15, 0.2) is 0 Å². The van der Waals surface area contributed by atoms with Gasteiger partial charge in [0.25, 0.3) is 5.91 Å². The van der Waals surface area contributed by atoms with Crippen LogP contribution in [0.3, 0.4) is 0 Å². The summed E-state index contributed by atoms with van der Waals surface area (Å²) in [7, 11) is 0. The Kier molecular flexibility index (Phi) is 5.02. The summed E-state index contributed by atoms with van der Waals surface area (Å²) in [6.45, 7) is 2.11. The van der Waals surface area contributed by atoms with Crippen molar-refractivity contribution in [3.63, 3.8) is 0 Å². The molecule has 1 heterocycles. The molecule has 0 saturated heterocycles. The summed E-state index contributed by atoms with van der Waals surface area (Å²) in [5, 5.41) is 12.0. The van der Waals surface area contributed by atoms with Crippen LogP contribution in [0, 0.1) is 0 Å². The average Bonchev–Trinajstić information content (AvgIpc) is 3.05. The minimum Gasteiger partial charge on any atom is -0.480 e. The molecule has 2 N–H and O–H groups in total. The fourth-order valence-electron chi connectivity index (χ4n) is 3.16. The van der Waals surface area contributed by atoms with Crippen LogP contribution in [0.5, 0.6) is 0 Å². The topological polar surface area (TPSA) is 86.7 Å². The number of hydrogen-bond donors (Lipinski definition) is 2. The second kappa shape index (κ2) is 7.39. The van der Waals surface area contributed by atoms with Gasteiger partial charge in [0, 0.05) is 31.1 Å². The quantitative estimate of drug-likeness (QED) is 0.862. The minimum atomic E-state index is -1.08. The molecule has 26 heavy (non-hydrogen) atoms. The van der Waals surface area contributed by atoms with E-state index in [0.29, 0.717) is 18.5 Å². The molecule has 0 aliphatic carbocycles. The molecule has 0 aromatic heterocycles. The Hall–Kier alpha value is -3.15. The van der Waals surface area contributed by atoms with Gasteiger partial charge in [-0.1, -0.05) is 30.3 Å². The lowest BCUT2D eigenvalue weighted by atomic mass is 10.0. The molecule has 2 amide bonds. The number of carboxylic acids is 1. The number of nitrogens with one attached hydrogen (secondary N) is 1. The van der Waals surface area contributed by atoms with Gasteiger partial charge >= 0.3 is 5.97 Å². The molecule has 0 bridgehead atoms. The highest BCUT2D eigenvalue weighted by atomic mass is 16.4. The maximum Gasteiger partial charge on any atom is 0.326 e. The Balaban J connectivity index is 1.74. The van der Waals surface area contributed by atoms with Gasteiger partial charge in [0.1, 0.15) is 6.04 Å². The molecule has 1 atom stereocenters. The Bertz CT molecular complexity index is 848. The monoisotopic (exact) mass is 352 g/mol. The molecule has 1 aliphatic heterocycles. The van der Waals surface area contributed by atoms with Crippen LogP contribution in [0.15, 0.2) is 48.5 Å². The first-order valence-electron chi connectivity index (χ1n) is 8.44. The Labute approximate surface area is 151 Å². The van der Waals surface area contributed by atoms with Crippen LogP contribution < -0.4 is 10.2 Å². The fourth-order valence-corrected chi connectivity index (χ4v) is 3.16. The maximum absolute atomic E-state index is 12.5. The van der Waals surface area contributed by atoms with Crippen LogP contribution in [-0.4, -0.2) is 35.5 Å². The van der Waals surface area contributed by atoms with E-state index < -0.39 is 17.9 Å². The summed E-state index contributed by atoms with van der Waals surface area (Å²) in [6, 6.07) is 13.3.